The summed E-state index contributed by atoms with van der Waals surface area (Å²) >= 11 is 0. The minimum atomic E-state index is 0.458. The first-order chi connectivity index (χ1) is 8.75. The molecule has 102 valence electrons. The predicted octanol–water partition coefficient (Wildman–Crippen LogP) is 3.63. The Hall–Kier alpha value is -0.800. The summed E-state index contributed by atoms with van der Waals surface area (Å²) < 4.78 is 11.5. The molecule has 3 nitrogen and oxygen atoms in total. The van der Waals surface area contributed by atoms with Crippen molar-refractivity contribution < 1.29 is 9.15 Å². The van der Waals surface area contributed by atoms with Crippen molar-refractivity contribution in [2.45, 2.75) is 71.2 Å². The van der Waals surface area contributed by atoms with Crippen molar-refractivity contribution in [2.75, 3.05) is 0 Å². The summed E-state index contributed by atoms with van der Waals surface area (Å²) in [4.78, 5) is 0. The topological polar surface area (TPSA) is 34.4 Å². The molecular formula is C15H25NO2. The maximum absolute atomic E-state index is 5.99. The van der Waals surface area contributed by atoms with E-state index in [-0.39, 0.29) is 0 Å². The zero-order valence-electron chi connectivity index (χ0n) is 11.6. The second-order valence-corrected chi connectivity index (χ2v) is 5.48. The fraction of sp³-hybridized carbons (Fsp3) is 0.733. The van der Waals surface area contributed by atoms with Crippen molar-refractivity contribution in [2.24, 2.45) is 0 Å². The van der Waals surface area contributed by atoms with Crippen LogP contribution in [0.25, 0.3) is 0 Å². The molecule has 0 aliphatic heterocycles. The van der Waals surface area contributed by atoms with Gasteiger partial charge in [0.1, 0.15) is 5.76 Å². The molecule has 0 saturated heterocycles. The largest absolute Gasteiger partial charge is 0.468 e. The van der Waals surface area contributed by atoms with Crippen molar-refractivity contribution in [3.05, 3.63) is 23.7 Å². The van der Waals surface area contributed by atoms with Crippen LogP contribution >= 0.6 is 0 Å². The molecule has 0 aromatic carbocycles. The van der Waals surface area contributed by atoms with E-state index in [1.807, 2.05) is 6.07 Å². The molecule has 0 spiro atoms. The van der Waals surface area contributed by atoms with Crippen LogP contribution in [0.4, 0.5) is 0 Å². The molecule has 2 rings (SSSR count). The minimum Gasteiger partial charge on any atom is -0.468 e. The second-order valence-electron chi connectivity index (χ2n) is 5.48. The van der Waals surface area contributed by atoms with Crippen LogP contribution in [-0.4, -0.2) is 12.1 Å². The van der Waals surface area contributed by atoms with Crippen molar-refractivity contribution in [3.8, 4) is 0 Å². The highest BCUT2D eigenvalue weighted by Gasteiger charge is 2.15. The lowest BCUT2D eigenvalue weighted by Gasteiger charge is -2.21. The molecule has 1 fully saturated rings. The molecular weight excluding hydrogens is 226 g/mol. The van der Waals surface area contributed by atoms with Gasteiger partial charge in [0.2, 0.25) is 0 Å². The number of rotatable bonds is 6. The minimum absolute atomic E-state index is 0.458. The summed E-state index contributed by atoms with van der Waals surface area (Å²) in [5.41, 5.74) is 1.19. The number of hydrogen-bond donors (Lipinski definition) is 1. The van der Waals surface area contributed by atoms with Gasteiger partial charge in [-0.05, 0) is 18.9 Å². The van der Waals surface area contributed by atoms with Gasteiger partial charge in [0, 0.05) is 11.6 Å². The summed E-state index contributed by atoms with van der Waals surface area (Å²) in [6, 6.07) is 2.50. The summed E-state index contributed by atoms with van der Waals surface area (Å²) in [5, 5.41) is 3.38. The lowest BCUT2D eigenvalue weighted by molar-refractivity contribution is 0.0162. The molecule has 1 aliphatic carbocycles. The van der Waals surface area contributed by atoms with E-state index < -0.39 is 0 Å². The number of hydrogen-bond acceptors (Lipinski definition) is 3. The van der Waals surface area contributed by atoms with Gasteiger partial charge in [-0.15, -0.1) is 0 Å². The van der Waals surface area contributed by atoms with Crippen LogP contribution in [0.2, 0.25) is 0 Å². The van der Waals surface area contributed by atoms with Gasteiger partial charge in [-0.25, -0.2) is 0 Å². The van der Waals surface area contributed by atoms with Crippen LogP contribution in [0.5, 0.6) is 0 Å². The Morgan fingerprint density at radius 2 is 2.11 bits per heavy atom. The Bertz CT molecular complexity index is 340. The van der Waals surface area contributed by atoms with Crippen molar-refractivity contribution in [3.63, 3.8) is 0 Å². The van der Waals surface area contributed by atoms with Gasteiger partial charge in [0.05, 0.1) is 25.5 Å². The van der Waals surface area contributed by atoms with E-state index in [2.05, 4.69) is 19.2 Å². The first-order valence-electron chi connectivity index (χ1n) is 7.16. The van der Waals surface area contributed by atoms with E-state index in [1.54, 1.807) is 6.26 Å². The normalized spacial score (nSPS) is 17.5. The third-order valence-corrected chi connectivity index (χ3v) is 3.54. The molecule has 0 atom stereocenters. The molecule has 1 N–H and O–H groups in total. The standard InChI is InChI=1S/C15H25NO2/c1-12(2)16-10-15-13(8-9-17-15)11-18-14-6-4-3-5-7-14/h8-9,12,14,16H,3-7,10-11H2,1-2H3. The maximum atomic E-state index is 5.99. The van der Waals surface area contributed by atoms with Gasteiger partial charge in [-0.3, -0.25) is 0 Å². The molecule has 0 bridgehead atoms. The zero-order chi connectivity index (χ0) is 12.8. The van der Waals surface area contributed by atoms with E-state index in [0.29, 0.717) is 18.8 Å². The first kappa shape index (κ1) is 13.6. The Morgan fingerprint density at radius 1 is 1.33 bits per heavy atom. The summed E-state index contributed by atoms with van der Waals surface area (Å²) in [6.07, 6.45) is 8.66. The summed E-state index contributed by atoms with van der Waals surface area (Å²) in [5.74, 6) is 1.01. The van der Waals surface area contributed by atoms with Gasteiger partial charge in [0.15, 0.2) is 0 Å². The van der Waals surface area contributed by atoms with E-state index in [9.17, 15) is 0 Å². The van der Waals surface area contributed by atoms with E-state index in [4.69, 9.17) is 9.15 Å². The first-order valence-corrected chi connectivity index (χ1v) is 7.16. The maximum Gasteiger partial charge on any atom is 0.123 e. The van der Waals surface area contributed by atoms with Gasteiger partial charge in [0.25, 0.3) is 0 Å². The van der Waals surface area contributed by atoms with Gasteiger partial charge < -0.3 is 14.5 Å². The molecule has 1 aromatic heterocycles. The van der Waals surface area contributed by atoms with Gasteiger partial charge in [-0.1, -0.05) is 33.1 Å². The van der Waals surface area contributed by atoms with Crippen LogP contribution < -0.4 is 5.32 Å². The smallest absolute Gasteiger partial charge is 0.123 e. The van der Waals surface area contributed by atoms with Crippen LogP contribution in [0.15, 0.2) is 16.7 Å². The molecule has 3 heteroatoms. The number of nitrogens with one attached hydrogen (secondary N) is 1. The van der Waals surface area contributed by atoms with Gasteiger partial charge in [-0.2, -0.15) is 0 Å². The Kier molecular flexibility index (Phi) is 5.26. The van der Waals surface area contributed by atoms with Crippen LogP contribution in [0.1, 0.15) is 57.3 Å². The fourth-order valence-electron chi connectivity index (χ4n) is 2.39. The lowest BCUT2D eigenvalue weighted by atomic mass is 9.98. The van der Waals surface area contributed by atoms with E-state index in [1.165, 1.54) is 37.7 Å². The molecule has 1 aromatic rings. The number of ether oxygens (including phenoxy) is 1. The molecule has 1 saturated carbocycles. The SMILES string of the molecule is CC(C)NCc1occc1COC1CCCCC1. The Labute approximate surface area is 110 Å². The van der Waals surface area contributed by atoms with Crippen LogP contribution in [0.3, 0.4) is 0 Å². The second kappa shape index (κ2) is 6.95. The Balaban J connectivity index is 1.79. The summed E-state index contributed by atoms with van der Waals surface area (Å²) in [6.45, 7) is 5.76. The van der Waals surface area contributed by atoms with Crippen molar-refractivity contribution in [1.82, 2.24) is 5.32 Å². The van der Waals surface area contributed by atoms with Crippen LogP contribution in [-0.2, 0) is 17.9 Å². The zero-order valence-corrected chi connectivity index (χ0v) is 11.6. The monoisotopic (exact) mass is 251 g/mol. The van der Waals surface area contributed by atoms with Crippen molar-refractivity contribution >= 4 is 0 Å². The molecule has 1 heterocycles. The molecule has 18 heavy (non-hydrogen) atoms. The molecule has 0 radical (unpaired) electrons. The van der Waals surface area contributed by atoms with Crippen molar-refractivity contribution in [1.29, 1.82) is 0 Å². The third kappa shape index (κ3) is 4.14. The molecule has 0 amide bonds. The molecule has 0 unspecified atom stereocenters. The highest BCUT2D eigenvalue weighted by atomic mass is 16.5. The molecule has 1 aliphatic rings. The summed E-state index contributed by atoms with van der Waals surface area (Å²) in [7, 11) is 0. The van der Waals surface area contributed by atoms with Crippen LogP contribution in [0, 0.1) is 0 Å². The average Bonchev–Trinajstić information content (AvgIpc) is 2.82. The third-order valence-electron chi connectivity index (χ3n) is 3.54. The number of furan rings is 1. The lowest BCUT2D eigenvalue weighted by Crippen LogP contribution is -2.22. The van der Waals surface area contributed by atoms with E-state index in [0.717, 1.165) is 12.3 Å². The quantitative estimate of drug-likeness (QED) is 0.838. The fourth-order valence-corrected chi connectivity index (χ4v) is 2.39. The predicted molar refractivity (Wildman–Crippen MR) is 72.3 cm³/mol. The highest BCUT2D eigenvalue weighted by molar-refractivity contribution is 5.15. The highest BCUT2D eigenvalue weighted by Crippen LogP contribution is 2.22. The Morgan fingerprint density at radius 3 is 2.83 bits per heavy atom. The van der Waals surface area contributed by atoms with Gasteiger partial charge >= 0.3 is 0 Å². The average molecular weight is 251 g/mol. The van der Waals surface area contributed by atoms with E-state index >= 15 is 0 Å².